The Bertz CT molecular complexity index is 823. The van der Waals surface area contributed by atoms with Crippen molar-refractivity contribution in [3.05, 3.63) is 65.2 Å². The summed E-state index contributed by atoms with van der Waals surface area (Å²) in [5, 5.41) is 0.517. The van der Waals surface area contributed by atoms with Crippen LogP contribution in [0, 0.1) is 0 Å². The lowest BCUT2D eigenvalue weighted by Crippen LogP contribution is -2.54. The second kappa shape index (κ2) is 7.09. The fourth-order valence-electron chi connectivity index (χ4n) is 3.35. The minimum absolute atomic E-state index is 0.141. The number of rotatable bonds is 4. The van der Waals surface area contributed by atoms with Gasteiger partial charge in [-0.05, 0) is 31.0 Å². The van der Waals surface area contributed by atoms with Gasteiger partial charge in [-0.25, -0.2) is 0 Å². The van der Waals surface area contributed by atoms with Gasteiger partial charge >= 0.3 is 0 Å². The Morgan fingerprint density at radius 3 is 2.46 bits per heavy atom. The van der Waals surface area contributed by atoms with Crippen molar-refractivity contribution in [1.82, 2.24) is 4.90 Å². The molecule has 1 fully saturated rings. The number of para-hydroxylation sites is 1. The van der Waals surface area contributed by atoms with Gasteiger partial charge in [0.05, 0.1) is 10.7 Å². The highest BCUT2D eigenvalue weighted by Gasteiger charge is 2.42. The van der Waals surface area contributed by atoms with Crippen LogP contribution in [0.15, 0.2) is 54.6 Å². The van der Waals surface area contributed by atoms with E-state index in [4.69, 9.17) is 17.3 Å². The van der Waals surface area contributed by atoms with E-state index >= 15 is 0 Å². The maximum absolute atomic E-state index is 13.0. The van der Waals surface area contributed by atoms with E-state index in [1.807, 2.05) is 42.5 Å². The van der Waals surface area contributed by atoms with E-state index in [-0.39, 0.29) is 11.8 Å². The Labute approximate surface area is 158 Å². The number of nitrogens with zero attached hydrogens (tertiary/aromatic N) is 2. The van der Waals surface area contributed by atoms with Crippen molar-refractivity contribution < 1.29 is 9.59 Å². The Hall–Kier alpha value is -2.37. The molecular weight excluding hydrogens is 350 g/mol. The predicted molar refractivity (Wildman–Crippen MR) is 103 cm³/mol. The number of halogens is 1. The standard InChI is InChI=1S/C20H22ClN3O2/c1-20(22,14-8-4-3-5-9-14)19(26)23(2)17-12-13-24(18(17)25)16-11-7-6-10-15(16)21/h3-11,17H,12-13,22H2,1-2H3. The molecule has 0 aromatic heterocycles. The lowest BCUT2D eigenvalue weighted by molar-refractivity contribution is -0.141. The lowest BCUT2D eigenvalue weighted by Gasteiger charge is -2.32. The SMILES string of the molecule is CN(C(=O)C(C)(N)c1ccccc1)C1CCN(c2ccccc2Cl)C1=O. The fraction of sp³-hybridized carbons (Fsp3) is 0.300. The molecule has 0 spiro atoms. The maximum Gasteiger partial charge on any atom is 0.249 e. The summed E-state index contributed by atoms with van der Waals surface area (Å²) in [6.45, 7) is 2.18. The molecule has 136 valence electrons. The van der Waals surface area contributed by atoms with Crippen LogP contribution in [0.5, 0.6) is 0 Å². The number of likely N-dealkylation sites (N-methyl/N-ethyl adjacent to an activating group) is 1. The summed E-state index contributed by atoms with van der Waals surface area (Å²) >= 11 is 6.22. The average Bonchev–Trinajstić information content (AvgIpc) is 3.03. The first-order valence-electron chi connectivity index (χ1n) is 8.51. The molecule has 1 saturated heterocycles. The molecule has 5 nitrogen and oxygen atoms in total. The number of carbonyl (C=O) groups excluding carboxylic acids is 2. The van der Waals surface area contributed by atoms with Crippen molar-refractivity contribution in [2.24, 2.45) is 5.73 Å². The van der Waals surface area contributed by atoms with Gasteiger partial charge in [0.25, 0.3) is 0 Å². The molecule has 0 bridgehead atoms. The Balaban J connectivity index is 1.80. The van der Waals surface area contributed by atoms with Gasteiger partial charge < -0.3 is 15.5 Å². The summed E-state index contributed by atoms with van der Waals surface area (Å²) in [6, 6.07) is 15.8. The number of hydrogen-bond donors (Lipinski definition) is 1. The zero-order valence-corrected chi connectivity index (χ0v) is 15.6. The summed E-state index contributed by atoms with van der Waals surface area (Å²) in [7, 11) is 1.63. The minimum atomic E-state index is -1.20. The van der Waals surface area contributed by atoms with Gasteiger partial charge in [0.2, 0.25) is 11.8 Å². The van der Waals surface area contributed by atoms with Crippen LogP contribution in [0.1, 0.15) is 18.9 Å². The van der Waals surface area contributed by atoms with Gasteiger partial charge in [0, 0.05) is 13.6 Å². The summed E-state index contributed by atoms with van der Waals surface area (Å²) < 4.78 is 0. The molecule has 1 aliphatic rings. The third-order valence-electron chi connectivity index (χ3n) is 4.93. The Kier molecular flexibility index (Phi) is 5.03. The lowest BCUT2D eigenvalue weighted by atomic mass is 9.91. The van der Waals surface area contributed by atoms with Crippen LogP contribution in [0.25, 0.3) is 0 Å². The molecule has 2 aromatic carbocycles. The van der Waals surface area contributed by atoms with Gasteiger partial charge in [0.15, 0.2) is 0 Å². The molecule has 0 radical (unpaired) electrons. The molecule has 2 amide bonds. The molecule has 6 heteroatoms. The predicted octanol–water partition coefficient (Wildman–Crippen LogP) is 2.78. The molecule has 0 saturated carbocycles. The maximum atomic E-state index is 13.0. The van der Waals surface area contributed by atoms with E-state index in [9.17, 15) is 9.59 Å². The van der Waals surface area contributed by atoms with Gasteiger partial charge in [0.1, 0.15) is 11.6 Å². The molecule has 3 rings (SSSR count). The molecule has 0 aliphatic carbocycles. The second-order valence-electron chi connectivity index (χ2n) is 6.73. The zero-order valence-electron chi connectivity index (χ0n) is 14.9. The second-order valence-corrected chi connectivity index (χ2v) is 7.14. The molecule has 1 heterocycles. The normalized spacial score (nSPS) is 19.3. The van der Waals surface area contributed by atoms with Crippen molar-refractivity contribution in [1.29, 1.82) is 0 Å². The smallest absolute Gasteiger partial charge is 0.249 e. The average molecular weight is 372 g/mol. The van der Waals surface area contributed by atoms with Crippen LogP contribution < -0.4 is 10.6 Å². The van der Waals surface area contributed by atoms with Gasteiger partial charge in [-0.3, -0.25) is 9.59 Å². The van der Waals surface area contributed by atoms with Crippen LogP contribution in [0.3, 0.4) is 0 Å². The summed E-state index contributed by atoms with van der Waals surface area (Å²) in [5.41, 5.74) is 6.51. The summed E-state index contributed by atoms with van der Waals surface area (Å²) in [6.07, 6.45) is 0.539. The highest BCUT2D eigenvalue weighted by molar-refractivity contribution is 6.34. The summed E-state index contributed by atoms with van der Waals surface area (Å²) in [4.78, 5) is 29.0. The van der Waals surface area contributed by atoms with Crippen LogP contribution >= 0.6 is 11.6 Å². The number of nitrogens with two attached hydrogens (primary N) is 1. The van der Waals surface area contributed by atoms with Gasteiger partial charge in [-0.2, -0.15) is 0 Å². The third kappa shape index (κ3) is 3.20. The van der Waals surface area contributed by atoms with Crippen molar-refractivity contribution in [3.8, 4) is 0 Å². The largest absolute Gasteiger partial charge is 0.332 e. The summed E-state index contributed by atoms with van der Waals surface area (Å²) in [5.74, 6) is -0.430. The van der Waals surface area contributed by atoms with Crippen molar-refractivity contribution in [2.75, 3.05) is 18.5 Å². The number of benzene rings is 2. The Morgan fingerprint density at radius 2 is 1.81 bits per heavy atom. The number of hydrogen-bond acceptors (Lipinski definition) is 3. The van der Waals surface area contributed by atoms with Crippen LogP contribution in [-0.4, -0.2) is 36.3 Å². The molecule has 1 aliphatic heterocycles. The van der Waals surface area contributed by atoms with Crippen molar-refractivity contribution in [2.45, 2.75) is 24.9 Å². The third-order valence-corrected chi connectivity index (χ3v) is 5.25. The number of carbonyl (C=O) groups is 2. The monoisotopic (exact) mass is 371 g/mol. The zero-order chi connectivity index (χ0) is 18.9. The molecule has 2 aromatic rings. The van der Waals surface area contributed by atoms with E-state index < -0.39 is 11.6 Å². The van der Waals surface area contributed by atoms with E-state index in [1.165, 1.54) is 4.90 Å². The Morgan fingerprint density at radius 1 is 1.19 bits per heavy atom. The minimum Gasteiger partial charge on any atom is -0.332 e. The van der Waals surface area contributed by atoms with Crippen molar-refractivity contribution >= 4 is 29.1 Å². The van der Waals surface area contributed by atoms with Crippen LogP contribution in [0.2, 0.25) is 5.02 Å². The molecule has 26 heavy (non-hydrogen) atoms. The van der Waals surface area contributed by atoms with Crippen molar-refractivity contribution in [3.63, 3.8) is 0 Å². The molecule has 2 unspecified atom stereocenters. The van der Waals surface area contributed by atoms with E-state index in [1.54, 1.807) is 31.0 Å². The topological polar surface area (TPSA) is 66.6 Å². The fourth-order valence-corrected chi connectivity index (χ4v) is 3.59. The van der Waals surface area contributed by atoms with Crippen LogP contribution in [-0.2, 0) is 15.1 Å². The molecular formula is C20H22ClN3O2. The first-order valence-corrected chi connectivity index (χ1v) is 8.89. The number of anilines is 1. The molecule has 2 N–H and O–H groups in total. The van der Waals surface area contributed by atoms with E-state index in [0.717, 1.165) is 0 Å². The molecule has 2 atom stereocenters. The number of amides is 2. The van der Waals surface area contributed by atoms with E-state index in [2.05, 4.69) is 0 Å². The quantitative estimate of drug-likeness (QED) is 0.898. The highest BCUT2D eigenvalue weighted by atomic mass is 35.5. The first-order chi connectivity index (χ1) is 12.3. The van der Waals surface area contributed by atoms with E-state index in [0.29, 0.717) is 29.2 Å². The van der Waals surface area contributed by atoms with Crippen LogP contribution in [0.4, 0.5) is 5.69 Å². The van der Waals surface area contributed by atoms with Gasteiger partial charge in [-0.15, -0.1) is 0 Å². The van der Waals surface area contributed by atoms with Gasteiger partial charge in [-0.1, -0.05) is 54.1 Å². The first kappa shape index (κ1) is 18.4. The highest BCUT2D eigenvalue weighted by Crippen LogP contribution is 2.31.